The summed E-state index contributed by atoms with van der Waals surface area (Å²) < 4.78 is 10.3. The van der Waals surface area contributed by atoms with Gasteiger partial charge in [-0.25, -0.2) is 0 Å². The van der Waals surface area contributed by atoms with Crippen molar-refractivity contribution < 1.29 is 9.47 Å². The van der Waals surface area contributed by atoms with Gasteiger partial charge >= 0.3 is 0 Å². The van der Waals surface area contributed by atoms with Crippen LogP contribution in [0.2, 0.25) is 0 Å². The standard InChI is InChI=1S/C14H31N3O2/c1-6-15-14(17-13(4)12(2)3)16-8-7-9-19-11-10-18-5/h12-13H,6-11H2,1-5H3,(H2,15,16,17). The number of ether oxygens (including phenoxy) is 2. The number of nitrogens with zero attached hydrogens (tertiary/aromatic N) is 1. The van der Waals surface area contributed by atoms with E-state index in [9.17, 15) is 0 Å². The molecule has 0 aromatic rings. The van der Waals surface area contributed by atoms with Crippen molar-refractivity contribution in [2.75, 3.05) is 40.0 Å². The minimum Gasteiger partial charge on any atom is -0.382 e. The lowest BCUT2D eigenvalue weighted by atomic mass is 10.1. The van der Waals surface area contributed by atoms with Crippen molar-refractivity contribution >= 4 is 5.96 Å². The fraction of sp³-hybridized carbons (Fsp3) is 0.929. The van der Waals surface area contributed by atoms with Crippen molar-refractivity contribution in [1.29, 1.82) is 0 Å². The highest BCUT2D eigenvalue weighted by Gasteiger charge is 2.08. The molecule has 0 heterocycles. The molecule has 0 saturated heterocycles. The zero-order chi connectivity index (χ0) is 14.5. The summed E-state index contributed by atoms with van der Waals surface area (Å²) in [6, 6.07) is 0.413. The van der Waals surface area contributed by atoms with Gasteiger partial charge in [-0.05, 0) is 26.2 Å². The largest absolute Gasteiger partial charge is 0.382 e. The third-order valence-electron chi connectivity index (χ3n) is 2.86. The summed E-state index contributed by atoms with van der Waals surface area (Å²) >= 11 is 0. The van der Waals surface area contributed by atoms with Gasteiger partial charge in [0.25, 0.3) is 0 Å². The van der Waals surface area contributed by atoms with E-state index in [-0.39, 0.29) is 0 Å². The molecule has 1 atom stereocenters. The Bertz CT molecular complexity index is 233. The van der Waals surface area contributed by atoms with Crippen molar-refractivity contribution in [2.24, 2.45) is 10.9 Å². The van der Waals surface area contributed by atoms with Gasteiger partial charge in [-0.2, -0.15) is 0 Å². The van der Waals surface area contributed by atoms with Gasteiger partial charge in [0.1, 0.15) is 0 Å². The molecule has 0 aromatic heterocycles. The van der Waals surface area contributed by atoms with Crippen LogP contribution in [0.5, 0.6) is 0 Å². The van der Waals surface area contributed by atoms with Gasteiger partial charge in [0.05, 0.1) is 13.2 Å². The van der Waals surface area contributed by atoms with E-state index in [0.29, 0.717) is 25.2 Å². The Morgan fingerprint density at radius 1 is 1.16 bits per heavy atom. The average molecular weight is 273 g/mol. The van der Waals surface area contributed by atoms with Gasteiger partial charge in [0.2, 0.25) is 0 Å². The maximum Gasteiger partial charge on any atom is 0.191 e. The lowest BCUT2D eigenvalue weighted by molar-refractivity contribution is 0.0702. The molecular weight excluding hydrogens is 242 g/mol. The van der Waals surface area contributed by atoms with Crippen LogP contribution in [0.3, 0.4) is 0 Å². The summed E-state index contributed by atoms with van der Waals surface area (Å²) in [6.45, 7) is 12.3. The van der Waals surface area contributed by atoms with Gasteiger partial charge in [0.15, 0.2) is 5.96 Å². The molecule has 0 saturated carbocycles. The second-order valence-corrected chi connectivity index (χ2v) is 4.90. The Morgan fingerprint density at radius 2 is 1.89 bits per heavy atom. The van der Waals surface area contributed by atoms with Crippen LogP contribution in [0.1, 0.15) is 34.1 Å². The van der Waals surface area contributed by atoms with Crippen molar-refractivity contribution in [3.63, 3.8) is 0 Å². The number of hydrogen-bond acceptors (Lipinski definition) is 3. The van der Waals surface area contributed by atoms with Gasteiger partial charge < -0.3 is 20.1 Å². The lowest BCUT2D eigenvalue weighted by Crippen LogP contribution is -2.44. The number of rotatable bonds is 10. The number of aliphatic imine (C=N–C) groups is 1. The van der Waals surface area contributed by atoms with Crippen LogP contribution < -0.4 is 10.6 Å². The van der Waals surface area contributed by atoms with Crippen LogP contribution in [-0.2, 0) is 9.47 Å². The molecule has 0 radical (unpaired) electrons. The van der Waals surface area contributed by atoms with Crippen LogP contribution >= 0.6 is 0 Å². The molecule has 2 N–H and O–H groups in total. The molecule has 19 heavy (non-hydrogen) atoms. The molecule has 0 amide bonds. The molecular formula is C14H31N3O2. The first-order valence-corrected chi connectivity index (χ1v) is 7.23. The number of hydrogen-bond donors (Lipinski definition) is 2. The van der Waals surface area contributed by atoms with Crippen molar-refractivity contribution in [2.45, 2.75) is 40.2 Å². The van der Waals surface area contributed by atoms with Gasteiger partial charge in [-0.3, -0.25) is 4.99 Å². The van der Waals surface area contributed by atoms with E-state index in [0.717, 1.165) is 32.1 Å². The van der Waals surface area contributed by atoms with E-state index in [2.05, 4.69) is 43.3 Å². The second-order valence-electron chi connectivity index (χ2n) is 4.90. The van der Waals surface area contributed by atoms with E-state index < -0.39 is 0 Å². The van der Waals surface area contributed by atoms with Crippen LogP contribution in [0.15, 0.2) is 4.99 Å². The fourth-order valence-corrected chi connectivity index (χ4v) is 1.30. The predicted molar refractivity (Wildman–Crippen MR) is 80.7 cm³/mol. The van der Waals surface area contributed by atoms with E-state index in [1.807, 2.05) is 0 Å². The topological polar surface area (TPSA) is 54.9 Å². The highest BCUT2D eigenvalue weighted by atomic mass is 16.5. The zero-order valence-corrected chi connectivity index (χ0v) is 13.2. The Morgan fingerprint density at radius 3 is 2.47 bits per heavy atom. The molecule has 0 aliphatic carbocycles. The zero-order valence-electron chi connectivity index (χ0n) is 13.2. The van der Waals surface area contributed by atoms with Crippen LogP contribution in [0.4, 0.5) is 0 Å². The molecule has 0 aliphatic rings. The van der Waals surface area contributed by atoms with Crippen molar-refractivity contribution in [3.8, 4) is 0 Å². The van der Waals surface area contributed by atoms with E-state index >= 15 is 0 Å². The van der Waals surface area contributed by atoms with Gasteiger partial charge in [-0.1, -0.05) is 13.8 Å². The second kappa shape index (κ2) is 12.2. The first-order chi connectivity index (χ1) is 9.11. The van der Waals surface area contributed by atoms with E-state index in [4.69, 9.17) is 9.47 Å². The predicted octanol–water partition coefficient (Wildman–Crippen LogP) is 1.64. The van der Waals surface area contributed by atoms with Crippen LogP contribution in [0.25, 0.3) is 0 Å². The van der Waals surface area contributed by atoms with Gasteiger partial charge in [-0.15, -0.1) is 0 Å². The van der Waals surface area contributed by atoms with Gasteiger partial charge in [0, 0.05) is 32.8 Å². The fourth-order valence-electron chi connectivity index (χ4n) is 1.30. The molecule has 0 spiro atoms. The Hall–Kier alpha value is -0.810. The molecule has 114 valence electrons. The molecule has 0 aliphatic heterocycles. The minimum atomic E-state index is 0.413. The number of guanidine groups is 1. The Labute approximate surface area is 118 Å². The molecule has 0 rings (SSSR count). The van der Waals surface area contributed by atoms with Crippen LogP contribution in [-0.4, -0.2) is 52.0 Å². The van der Waals surface area contributed by atoms with Crippen molar-refractivity contribution in [1.82, 2.24) is 10.6 Å². The third kappa shape index (κ3) is 10.8. The Kier molecular flexibility index (Phi) is 11.7. The Balaban J connectivity index is 3.86. The normalized spacial score (nSPS) is 13.7. The first kappa shape index (κ1) is 18.2. The van der Waals surface area contributed by atoms with Crippen molar-refractivity contribution in [3.05, 3.63) is 0 Å². The quantitative estimate of drug-likeness (QED) is 0.361. The molecule has 0 fully saturated rings. The first-order valence-electron chi connectivity index (χ1n) is 7.23. The summed E-state index contributed by atoms with van der Waals surface area (Å²) in [7, 11) is 1.68. The molecule has 5 heteroatoms. The molecule has 5 nitrogen and oxygen atoms in total. The smallest absolute Gasteiger partial charge is 0.191 e. The summed E-state index contributed by atoms with van der Waals surface area (Å²) in [6.07, 6.45) is 0.927. The maximum atomic E-state index is 5.40. The molecule has 0 aromatic carbocycles. The SMILES string of the molecule is CCNC(=NCCCOCCOC)NC(C)C(C)C. The molecule has 0 bridgehead atoms. The number of nitrogens with one attached hydrogen (secondary N) is 2. The summed E-state index contributed by atoms with van der Waals surface area (Å²) in [5, 5.41) is 6.66. The lowest BCUT2D eigenvalue weighted by Gasteiger charge is -2.20. The summed E-state index contributed by atoms with van der Waals surface area (Å²) in [4.78, 5) is 4.54. The van der Waals surface area contributed by atoms with E-state index in [1.165, 1.54) is 0 Å². The average Bonchev–Trinajstić information content (AvgIpc) is 2.37. The number of methoxy groups -OCH3 is 1. The maximum absolute atomic E-state index is 5.40. The highest BCUT2D eigenvalue weighted by Crippen LogP contribution is 1.99. The monoisotopic (exact) mass is 273 g/mol. The summed E-state index contributed by atoms with van der Waals surface area (Å²) in [5.41, 5.74) is 0. The minimum absolute atomic E-state index is 0.413. The summed E-state index contributed by atoms with van der Waals surface area (Å²) in [5.74, 6) is 1.47. The molecule has 1 unspecified atom stereocenters. The van der Waals surface area contributed by atoms with E-state index in [1.54, 1.807) is 7.11 Å². The third-order valence-corrected chi connectivity index (χ3v) is 2.86. The van der Waals surface area contributed by atoms with Crippen LogP contribution in [0, 0.1) is 5.92 Å². The highest BCUT2D eigenvalue weighted by molar-refractivity contribution is 5.80.